The first-order valence-electron chi connectivity index (χ1n) is 11.0. The number of rotatable bonds is 8. The minimum atomic E-state index is -2.34. The van der Waals surface area contributed by atoms with Gasteiger partial charge in [0.2, 0.25) is 5.88 Å². The molecule has 0 fully saturated rings. The Morgan fingerprint density at radius 1 is 1.23 bits per heavy atom. The molecule has 1 aliphatic rings. The number of aryl methyl sites for hydroxylation is 2. The zero-order valence-corrected chi connectivity index (χ0v) is 21.6. The lowest BCUT2D eigenvalue weighted by Gasteiger charge is -2.35. The molecule has 1 heterocycles. The molecule has 0 bridgehead atoms. The van der Waals surface area contributed by atoms with E-state index in [0.717, 1.165) is 28.7 Å². The molecule has 0 aliphatic heterocycles. The molecule has 8 nitrogen and oxygen atoms in total. The van der Waals surface area contributed by atoms with Crippen LogP contribution in [0.5, 0.6) is 17.4 Å². The van der Waals surface area contributed by atoms with Crippen LogP contribution in [0.25, 0.3) is 0 Å². The predicted octanol–water partition coefficient (Wildman–Crippen LogP) is 5.74. The summed E-state index contributed by atoms with van der Waals surface area (Å²) in [5, 5.41) is 8.98. The molecule has 0 saturated carbocycles. The highest BCUT2D eigenvalue weighted by Crippen LogP contribution is 2.42. The number of nitrogens with zero attached hydrogens (tertiary/aromatic N) is 2. The molecule has 3 aromatic rings. The molecule has 4 rings (SSSR count). The molecule has 0 radical (unpaired) electrons. The van der Waals surface area contributed by atoms with Crippen molar-refractivity contribution in [2.45, 2.75) is 39.2 Å². The van der Waals surface area contributed by atoms with Gasteiger partial charge in [0.05, 0.1) is 22.4 Å². The van der Waals surface area contributed by atoms with Gasteiger partial charge in [0.15, 0.2) is 6.61 Å². The highest BCUT2D eigenvalue weighted by Gasteiger charge is 2.32. The quantitative estimate of drug-likeness (QED) is 0.338. The van der Waals surface area contributed by atoms with Gasteiger partial charge in [-0.15, -0.1) is 0 Å². The number of hydrogen-bond donors (Lipinski definition) is 2. The Bertz CT molecular complexity index is 1260. The van der Waals surface area contributed by atoms with E-state index in [4.69, 9.17) is 14.6 Å². The zero-order valence-electron chi connectivity index (χ0n) is 19.2. The Kier molecular flexibility index (Phi) is 7.73. The van der Waals surface area contributed by atoms with Crippen molar-refractivity contribution in [2.75, 3.05) is 10.9 Å². The summed E-state index contributed by atoms with van der Waals surface area (Å²) in [5.41, 5.74) is 4.25. The van der Waals surface area contributed by atoms with Crippen LogP contribution in [0, 0.1) is 13.8 Å². The predicted molar refractivity (Wildman–Crippen MR) is 136 cm³/mol. The minimum absolute atomic E-state index is 0.343. The number of hydrogen-bond acceptors (Lipinski definition) is 5. The van der Waals surface area contributed by atoms with Crippen molar-refractivity contribution >= 4 is 38.9 Å². The second-order valence-electron chi connectivity index (χ2n) is 8.38. The van der Waals surface area contributed by atoms with E-state index in [1.54, 1.807) is 18.2 Å². The van der Waals surface area contributed by atoms with Gasteiger partial charge in [-0.1, -0.05) is 18.2 Å². The standard InChI is InChI=1S/C25H25BrN2O6S/c1-15-9-16(2)11-18(10-15)34-25-21(26)12-17(13-27-25)28(35(31)32)22-7-3-6-20-19(22)5-4-8-23(20)33-14-24(29)30/h4-5,8-13,22H,3,6-7,14H2,1-2H3,(H,29,30)(H,31,32). The molecular weight excluding hydrogens is 536 g/mol. The topological polar surface area (TPSA) is 109 Å². The van der Waals surface area contributed by atoms with E-state index in [1.165, 1.54) is 10.5 Å². The monoisotopic (exact) mass is 560 g/mol. The van der Waals surface area contributed by atoms with Crippen molar-refractivity contribution in [3.63, 3.8) is 0 Å². The van der Waals surface area contributed by atoms with E-state index in [2.05, 4.69) is 20.9 Å². The molecule has 184 valence electrons. The van der Waals surface area contributed by atoms with Crippen LogP contribution in [0.4, 0.5) is 5.69 Å². The maximum absolute atomic E-state index is 12.5. The van der Waals surface area contributed by atoms with Crippen molar-refractivity contribution in [3.8, 4) is 17.4 Å². The fraction of sp³-hybridized carbons (Fsp3) is 0.280. The molecule has 2 aromatic carbocycles. The van der Waals surface area contributed by atoms with Crippen molar-refractivity contribution in [1.29, 1.82) is 0 Å². The van der Waals surface area contributed by atoms with E-state index in [0.29, 0.717) is 40.4 Å². The van der Waals surface area contributed by atoms with Crippen LogP contribution in [0.1, 0.15) is 41.1 Å². The summed E-state index contributed by atoms with van der Waals surface area (Å²) in [4.78, 5) is 15.4. The molecule has 2 N–H and O–H groups in total. The summed E-state index contributed by atoms with van der Waals surface area (Å²) in [7, 11) is 0. The van der Waals surface area contributed by atoms with Crippen molar-refractivity contribution in [3.05, 3.63) is 75.4 Å². The van der Waals surface area contributed by atoms with E-state index in [9.17, 15) is 13.6 Å². The van der Waals surface area contributed by atoms with Crippen LogP contribution in [0.2, 0.25) is 0 Å². The highest BCUT2D eigenvalue weighted by molar-refractivity contribution is 9.10. The minimum Gasteiger partial charge on any atom is -0.482 e. The van der Waals surface area contributed by atoms with Gasteiger partial charge in [-0.25, -0.2) is 14.0 Å². The molecule has 2 atom stereocenters. The second-order valence-corrected chi connectivity index (χ2v) is 10.1. The average molecular weight is 561 g/mol. The lowest BCUT2D eigenvalue weighted by Crippen LogP contribution is -2.33. The Labute approximate surface area is 214 Å². The van der Waals surface area contributed by atoms with Gasteiger partial charge >= 0.3 is 5.97 Å². The van der Waals surface area contributed by atoms with Crippen LogP contribution in [-0.4, -0.2) is 31.4 Å². The summed E-state index contributed by atoms with van der Waals surface area (Å²) in [6, 6.07) is 12.5. The number of pyridine rings is 1. The van der Waals surface area contributed by atoms with E-state index in [1.807, 2.05) is 38.1 Å². The van der Waals surface area contributed by atoms with E-state index < -0.39 is 29.9 Å². The third kappa shape index (κ3) is 5.83. The lowest BCUT2D eigenvalue weighted by molar-refractivity contribution is -0.139. The van der Waals surface area contributed by atoms with Gasteiger partial charge in [0.25, 0.3) is 11.3 Å². The van der Waals surface area contributed by atoms with Gasteiger partial charge in [-0.2, -0.15) is 0 Å². The molecule has 0 saturated heterocycles. The molecule has 35 heavy (non-hydrogen) atoms. The van der Waals surface area contributed by atoms with Crippen LogP contribution < -0.4 is 13.8 Å². The van der Waals surface area contributed by atoms with Crippen LogP contribution >= 0.6 is 15.9 Å². The molecule has 2 unspecified atom stereocenters. The number of fused-ring (bicyclic) bond motifs is 1. The number of benzene rings is 2. The number of carboxylic acid groups (broad SMARTS) is 1. The maximum atomic E-state index is 12.5. The van der Waals surface area contributed by atoms with E-state index >= 15 is 0 Å². The van der Waals surface area contributed by atoms with Gasteiger partial charge in [-0.05, 0) is 95.6 Å². The number of carbonyl (C=O) groups is 1. The molecule has 10 heteroatoms. The summed E-state index contributed by atoms with van der Waals surface area (Å²) >= 11 is 1.15. The third-order valence-corrected chi connectivity index (χ3v) is 7.06. The Hall–Kier alpha value is -2.95. The van der Waals surface area contributed by atoms with Crippen LogP contribution in [0.3, 0.4) is 0 Å². The fourth-order valence-electron chi connectivity index (χ4n) is 4.40. The van der Waals surface area contributed by atoms with Gasteiger partial charge in [0.1, 0.15) is 11.5 Å². The first kappa shape index (κ1) is 25.2. The summed E-state index contributed by atoms with van der Waals surface area (Å²) in [5.74, 6) is 0.416. The largest absolute Gasteiger partial charge is 0.482 e. The highest BCUT2D eigenvalue weighted by atomic mass is 79.9. The Balaban J connectivity index is 1.65. The number of ether oxygens (including phenoxy) is 2. The van der Waals surface area contributed by atoms with Crippen molar-refractivity contribution in [2.24, 2.45) is 0 Å². The maximum Gasteiger partial charge on any atom is 0.341 e. The summed E-state index contributed by atoms with van der Waals surface area (Å²) in [6.07, 6.45) is 3.59. The normalized spacial score (nSPS) is 15.7. The van der Waals surface area contributed by atoms with Gasteiger partial charge < -0.3 is 14.6 Å². The Morgan fingerprint density at radius 3 is 2.63 bits per heavy atom. The second kappa shape index (κ2) is 10.8. The number of anilines is 1. The van der Waals surface area contributed by atoms with Crippen molar-refractivity contribution < 1.29 is 28.1 Å². The van der Waals surface area contributed by atoms with Gasteiger partial charge in [0, 0.05) is 0 Å². The number of halogens is 1. The van der Waals surface area contributed by atoms with Crippen molar-refractivity contribution in [1.82, 2.24) is 4.98 Å². The van der Waals surface area contributed by atoms with E-state index in [-0.39, 0.29) is 0 Å². The molecule has 0 spiro atoms. The SMILES string of the molecule is Cc1cc(C)cc(Oc2ncc(N(C3CCCc4c(OCC(=O)O)cccc43)S(=O)O)cc2Br)c1. The number of carboxylic acids is 1. The van der Waals surface area contributed by atoms with Crippen LogP contribution in [-0.2, 0) is 22.5 Å². The number of aliphatic carboxylic acids is 1. The third-order valence-electron chi connectivity index (χ3n) is 5.69. The zero-order chi connectivity index (χ0) is 25.1. The molecule has 1 aromatic heterocycles. The van der Waals surface area contributed by atoms with Crippen LogP contribution in [0.15, 0.2) is 53.1 Å². The lowest BCUT2D eigenvalue weighted by atomic mass is 9.87. The molecular formula is C25H25BrN2O6S. The molecule has 0 amide bonds. The first-order chi connectivity index (χ1) is 16.7. The first-order valence-corrected chi connectivity index (χ1v) is 12.9. The average Bonchev–Trinajstić information content (AvgIpc) is 2.79. The van der Waals surface area contributed by atoms with Gasteiger partial charge in [-0.3, -0.25) is 8.86 Å². The molecule has 1 aliphatic carbocycles. The summed E-state index contributed by atoms with van der Waals surface area (Å²) in [6.45, 7) is 3.52. The fourth-order valence-corrected chi connectivity index (χ4v) is 5.54. The smallest absolute Gasteiger partial charge is 0.341 e. The Morgan fingerprint density at radius 2 is 1.97 bits per heavy atom. The number of aromatic nitrogens is 1. The summed E-state index contributed by atoms with van der Waals surface area (Å²) < 4.78 is 36.2.